The van der Waals surface area contributed by atoms with Gasteiger partial charge in [0.2, 0.25) is 0 Å². The molecule has 1 aromatic carbocycles. The summed E-state index contributed by atoms with van der Waals surface area (Å²) < 4.78 is 0. The molecule has 0 spiro atoms. The second kappa shape index (κ2) is 4.45. The van der Waals surface area contributed by atoms with Crippen molar-refractivity contribution in [3.8, 4) is 0 Å². The van der Waals surface area contributed by atoms with E-state index in [0.29, 0.717) is 0 Å². The Morgan fingerprint density at radius 1 is 1.23 bits per heavy atom. The van der Waals surface area contributed by atoms with Crippen molar-refractivity contribution in [3.05, 3.63) is 42.2 Å². The molecule has 0 unspecified atom stereocenters. The molecule has 0 fully saturated rings. The Labute approximate surface area is 78.3 Å². The molecule has 13 heavy (non-hydrogen) atoms. The van der Waals surface area contributed by atoms with Gasteiger partial charge in [0.05, 0.1) is 11.9 Å². The molecule has 0 radical (unpaired) electrons. The number of nitrogens with zero attached hydrogens (tertiary/aromatic N) is 1. The van der Waals surface area contributed by atoms with Gasteiger partial charge in [0.15, 0.2) is 0 Å². The molecule has 0 aliphatic carbocycles. The van der Waals surface area contributed by atoms with Crippen molar-refractivity contribution in [3.63, 3.8) is 0 Å². The lowest BCUT2D eigenvalue weighted by Crippen LogP contribution is -1.91. The van der Waals surface area contributed by atoms with Gasteiger partial charge in [-0.3, -0.25) is 4.99 Å². The van der Waals surface area contributed by atoms with E-state index in [4.69, 9.17) is 5.11 Å². The van der Waals surface area contributed by atoms with Crippen LogP contribution in [-0.4, -0.2) is 10.8 Å². The third-order valence-electron chi connectivity index (χ3n) is 1.82. The van der Waals surface area contributed by atoms with E-state index in [-0.39, 0.29) is 0 Å². The first-order valence-electron chi connectivity index (χ1n) is 4.15. The highest BCUT2D eigenvalue weighted by atomic mass is 16.2. The highest BCUT2D eigenvalue weighted by Gasteiger charge is 1.94. The van der Waals surface area contributed by atoms with Crippen LogP contribution >= 0.6 is 0 Å². The smallest absolute Gasteiger partial charge is 0.0838 e. The van der Waals surface area contributed by atoms with Crippen LogP contribution in [0.15, 0.2) is 47.2 Å². The molecule has 0 saturated carbocycles. The summed E-state index contributed by atoms with van der Waals surface area (Å²) in [5, 5.41) is 8.74. The molecule has 0 bridgehead atoms. The Morgan fingerprint density at radius 2 is 1.85 bits per heavy atom. The standard InChI is InChI=1S/C11H13NO/c1-9(8-13)10(2)12-11-6-4-3-5-7-11/h3-8,13H,1-2H3/b9-8+,12-10?. The lowest BCUT2D eigenvalue weighted by Gasteiger charge is -1.98. The zero-order valence-electron chi connectivity index (χ0n) is 7.86. The van der Waals surface area contributed by atoms with Crippen molar-refractivity contribution in [1.29, 1.82) is 0 Å². The van der Waals surface area contributed by atoms with Gasteiger partial charge in [-0.25, -0.2) is 0 Å². The average molecular weight is 175 g/mol. The predicted octanol–water partition coefficient (Wildman–Crippen LogP) is 3.24. The van der Waals surface area contributed by atoms with E-state index in [1.165, 1.54) is 0 Å². The van der Waals surface area contributed by atoms with Crippen molar-refractivity contribution >= 4 is 11.4 Å². The van der Waals surface area contributed by atoms with Crippen molar-refractivity contribution in [2.75, 3.05) is 0 Å². The van der Waals surface area contributed by atoms with Crippen LogP contribution in [0.4, 0.5) is 5.69 Å². The van der Waals surface area contributed by atoms with Crippen molar-refractivity contribution in [1.82, 2.24) is 0 Å². The maximum absolute atomic E-state index is 8.74. The van der Waals surface area contributed by atoms with E-state index in [9.17, 15) is 0 Å². The molecule has 0 heterocycles. The van der Waals surface area contributed by atoms with Gasteiger partial charge in [-0.2, -0.15) is 0 Å². The normalized spacial score (nSPS) is 13.1. The second-order valence-corrected chi connectivity index (χ2v) is 2.84. The highest BCUT2D eigenvalue weighted by molar-refractivity contribution is 5.98. The van der Waals surface area contributed by atoms with Crippen LogP contribution in [-0.2, 0) is 0 Å². The zero-order chi connectivity index (χ0) is 9.68. The molecule has 68 valence electrons. The molecule has 2 heteroatoms. The number of hydrogen-bond donors (Lipinski definition) is 1. The lowest BCUT2D eigenvalue weighted by atomic mass is 10.2. The minimum atomic E-state index is 0.781. The fraction of sp³-hybridized carbons (Fsp3) is 0.182. The largest absolute Gasteiger partial charge is 0.515 e. The summed E-state index contributed by atoms with van der Waals surface area (Å²) in [5.41, 5.74) is 2.51. The van der Waals surface area contributed by atoms with Gasteiger partial charge in [0.25, 0.3) is 0 Å². The molecular weight excluding hydrogens is 162 g/mol. The van der Waals surface area contributed by atoms with E-state index >= 15 is 0 Å². The Bertz CT molecular complexity index is 325. The van der Waals surface area contributed by atoms with E-state index < -0.39 is 0 Å². The summed E-state index contributed by atoms with van der Waals surface area (Å²) in [5.74, 6) is 0. The Morgan fingerprint density at radius 3 is 2.38 bits per heavy atom. The van der Waals surface area contributed by atoms with Gasteiger partial charge in [-0.1, -0.05) is 18.2 Å². The minimum Gasteiger partial charge on any atom is -0.515 e. The molecule has 0 atom stereocenters. The highest BCUT2D eigenvalue weighted by Crippen LogP contribution is 2.11. The Kier molecular flexibility index (Phi) is 3.26. The summed E-state index contributed by atoms with van der Waals surface area (Å²) in [6.07, 6.45) is 1.07. The van der Waals surface area contributed by atoms with Crippen molar-refractivity contribution in [2.24, 2.45) is 4.99 Å². The first-order valence-corrected chi connectivity index (χ1v) is 4.15. The number of benzene rings is 1. The fourth-order valence-corrected chi connectivity index (χ4v) is 0.878. The topological polar surface area (TPSA) is 32.6 Å². The van der Waals surface area contributed by atoms with E-state index in [1.54, 1.807) is 0 Å². The number of allylic oxidation sites excluding steroid dienone is 1. The summed E-state index contributed by atoms with van der Waals surface area (Å²) in [6, 6.07) is 9.67. The van der Waals surface area contributed by atoms with Crippen molar-refractivity contribution < 1.29 is 5.11 Å². The molecule has 0 aliphatic heterocycles. The summed E-state index contributed by atoms with van der Waals surface area (Å²) in [7, 11) is 0. The third-order valence-corrected chi connectivity index (χ3v) is 1.82. The van der Waals surface area contributed by atoms with Crippen LogP contribution in [0.5, 0.6) is 0 Å². The number of para-hydroxylation sites is 1. The minimum absolute atomic E-state index is 0.781. The lowest BCUT2D eigenvalue weighted by molar-refractivity contribution is 0.470. The van der Waals surface area contributed by atoms with Gasteiger partial charge in [-0.05, 0) is 26.0 Å². The number of hydrogen-bond acceptors (Lipinski definition) is 2. The zero-order valence-corrected chi connectivity index (χ0v) is 7.86. The SMILES string of the molecule is CC(=Nc1ccccc1)/C(C)=C/O. The Hall–Kier alpha value is -1.57. The van der Waals surface area contributed by atoms with Gasteiger partial charge in [0.1, 0.15) is 0 Å². The summed E-state index contributed by atoms with van der Waals surface area (Å²) in [4.78, 5) is 4.32. The summed E-state index contributed by atoms with van der Waals surface area (Å²) >= 11 is 0. The molecule has 0 saturated heterocycles. The molecule has 0 amide bonds. The van der Waals surface area contributed by atoms with Gasteiger partial charge >= 0.3 is 0 Å². The third kappa shape index (κ3) is 2.75. The van der Waals surface area contributed by atoms with E-state index in [2.05, 4.69) is 4.99 Å². The number of aliphatic hydroxyl groups excluding tert-OH is 1. The maximum atomic E-state index is 8.74. The van der Waals surface area contributed by atoms with Crippen LogP contribution in [0.25, 0.3) is 0 Å². The Balaban J connectivity index is 2.89. The fourth-order valence-electron chi connectivity index (χ4n) is 0.878. The molecule has 1 rings (SSSR count). The van der Waals surface area contributed by atoms with Crippen LogP contribution in [0, 0.1) is 0 Å². The quantitative estimate of drug-likeness (QED) is 0.543. The first kappa shape index (κ1) is 9.52. The van der Waals surface area contributed by atoms with Gasteiger partial charge < -0.3 is 5.11 Å². The second-order valence-electron chi connectivity index (χ2n) is 2.84. The van der Waals surface area contributed by atoms with Crippen LogP contribution in [0.1, 0.15) is 13.8 Å². The molecule has 2 nitrogen and oxygen atoms in total. The van der Waals surface area contributed by atoms with Crippen LogP contribution < -0.4 is 0 Å². The van der Waals surface area contributed by atoms with Crippen LogP contribution in [0.3, 0.4) is 0 Å². The first-order chi connectivity index (χ1) is 6.24. The molecule has 0 aromatic heterocycles. The van der Waals surface area contributed by atoms with Gasteiger partial charge in [0, 0.05) is 11.3 Å². The van der Waals surface area contributed by atoms with Gasteiger partial charge in [-0.15, -0.1) is 0 Å². The number of aliphatic imine (C=N–C) groups is 1. The average Bonchev–Trinajstić information content (AvgIpc) is 2.18. The predicted molar refractivity (Wildman–Crippen MR) is 55.6 cm³/mol. The van der Waals surface area contributed by atoms with Crippen LogP contribution in [0.2, 0.25) is 0 Å². The van der Waals surface area contributed by atoms with Crippen molar-refractivity contribution in [2.45, 2.75) is 13.8 Å². The molecule has 1 N–H and O–H groups in total. The maximum Gasteiger partial charge on any atom is 0.0838 e. The summed E-state index contributed by atoms with van der Waals surface area (Å²) in [6.45, 7) is 3.69. The van der Waals surface area contributed by atoms with E-state index in [0.717, 1.165) is 23.2 Å². The monoisotopic (exact) mass is 175 g/mol. The number of aliphatic hydroxyl groups is 1. The molecule has 1 aromatic rings. The van der Waals surface area contributed by atoms with E-state index in [1.807, 2.05) is 44.2 Å². The molecule has 0 aliphatic rings. The molecular formula is C11H13NO. The number of rotatable bonds is 2.